The smallest absolute Gasteiger partial charge is 0.122 e. The monoisotopic (exact) mass is 232 g/mol. The summed E-state index contributed by atoms with van der Waals surface area (Å²) in [5, 5.41) is 9.19. The Hall–Kier alpha value is -1.34. The van der Waals surface area contributed by atoms with Crippen molar-refractivity contribution in [3.8, 4) is 6.07 Å². The molecule has 17 heavy (non-hydrogen) atoms. The van der Waals surface area contributed by atoms with E-state index in [1.54, 1.807) is 0 Å². The molecule has 1 fully saturated rings. The van der Waals surface area contributed by atoms with Crippen LogP contribution in [0.2, 0.25) is 0 Å². The molecule has 0 bridgehead atoms. The number of aryl methyl sites for hydroxylation is 1. The van der Waals surface area contributed by atoms with Crippen LogP contribution in [0.3, 0.4) is 0 Å². The van der Waals surface area contributed by atoms with Gasteiger partial charge in [-0.2, -0.15) is 5.26 Å². The van der Waals surface area contributed by atoms with Crippen molar-refractivity contribution >= 4 is 0 Å². The zero-order valence-electron chi connectivity index (χ0n) is 10.6. The Bertz CT molecular complexity index is 404. The predicted molar refractivity (Wildman–Crippen MR) is 66.0 cm³/mol. The second kappa shape index (κ2) is 5.33. The van der Waals surface area contributed by atoms with Crippen LogP contribution in [0.5, 0.6) is 0 Å². The molecule has 2 atom stereocenters. The van der Waals surface area contributed by atoms with Gasteiger partial charge in [-0.3, -0.25) is 4.90 Å². The number of hydrogen-bond acceptors (Lipinski definition) is 3. The Labute approximate surface area is 103 Å². The predicted octanol–water partition coefficient (Wildman–Crippen LogP) is 1.93. The van der Waals surface area contributed by atoms with E-state index in [1.807, 2.05) is 24.0 Å². The highest BCUT2D eigenvalue weighted by molar-refractivity contribution is 4.97. The van der Waals surface area contributed by atoms with E-state index < -0.39 is 0 Å². The number of aromatic nitrogens is 2. The largest absolute Gasteiger partial charge is 0.337 e. The Morgan fingerprint density at radius 3 is 2.94 bits per heavy atom. The minimum Gasteiger partial charge on any atom is -0.337 e. The SMILES string of the molecule is CN(Cc1nccn1C)C1CCCCC1C#N. The van der Waals surface area contributed by atoms with Gasteiger partial charge in [0.05, 0.1) is 18.5 Å². The molecule has 1 heterocycles. The van der Waals surface area contributed by atoms with Crippen molar-refractivity contribution in [3.05, 3.63) is 18.2 Å². The summed E-state index contributed by atoms with van der Waals surface area (Å²) < 4.78 is 2.04. The summed E-state index contributed by atoms with van der Waals surface area (Å²) in [7, 11) is 4.12. The molecular formula is C13H20N4. The van der Waals surface area contributed by atoms with Gasteiger partial charge in [-0.05, 0) is 19.9 Å². The molecule has 0 aliphatic heterocycles. The van der Waals surface area contributed by atoms with Crippen LogP contribution in [0.15, 0.2) is 12.4 Å². The summed E-state index contributed by atoms with van der Waals surface area (Å²) in [6, 6.07) is 2.85. The molecule has 1 aliphatic rings. The van der Waals surface area contributed by atoms with Crippen LogP contribution in [0.1, 0.15) is 31.5 Å². The van der Waals surface area contributed by atoms with E-state index in [0.717, 1.165) is 25.2 Å². The maximum absolute atomic E-state index is 9.19. The average molecular weight is 232 g/mol. The van der Waals surface area contributed by atoms with Crippen molar-refractivity contribution in [1.82, 2.24) is 14.5 Å². The lowest BCUT2D eigenvalue weighted by atomic mass is 9.84. The van der Waals surface area contributed by atoms with Gasteiger partial charge < -0.3 is 4.57 Å². The molecule has 92 valence electrons. The second-order valence-electron chi connectivity index (χ2n) is 4.96. The van der Waals surface area contributed by atoms with E-state index in [4.69, 9.17) is 0 Å². The maximum atomic E-state index is 9.19. The normalized spacial score (nSPS) is 24.8. The van der Waals surface area contributed by atoms with Crippen molar-refractivity contribution in [1.29, 1.82) is 5.26 Å². The van der Waals surface area contributed by atoms with E-state index in [0.29, 0.717) is 6.04 Å². The van der Waals surface area contributed by atoms with Crippen LogP contribution in [-0.4, -0.2) is 27.5 Å². The zero-order valence-corrected chi connectivity index (χ0v) is 10.6. The molecule has 0 N–H and O–H groups in total. The molecular weight excluding hydrogens is 212 g/mol. The van der Waals surface area contributed by atoms with E-state index >= 15 is 0 Å². The lowest BCUT2D eigenvalue weighted by Gasteiger charge is -2.34. The third-order valence-corrected chi connectivity index (χ3v) is 3.77. The fourth-order valence-electron chi connectivity index (χ4n) is 2.68. The Morgan fingerprint density at radius 2 is 2.29 bits per heavy atom. The van der Waals surface area contributed by atoms with E-state index in [-0.39, 0.29) is 5.92 Å². The Balaban J connectivity index is 2.01. The fourth-order valence-corrected chi connectivity index (χ4v) is 2.68. The molecule has 2 unspecified atom stereocenters. The van der Waals surface area contributed by atoms with Gasteiger partial charge in [0.1, 0.15) is 5.82 Å². The quantitative estimate of drug-likeness (QED) is 0.800. The van der Waals surface area contributed by atoms with Crippen LogP contribution < -0.4 is 0 Å². The number of nitriles is 1. The molecule has 0 saturated heterocycles. The lowest BCUT2D eigenvalue weighted by Crippen LogP contribution is -2.39. The van der Waals surface area contributed by atoms with Crippen LogP contribution in [0.25, 0.3) is 0 Å². The fraction of sp³-hybridized carbons (Fsp3) is 0.692. The molecule has 1 aliphatic carbocycles. The molecule has 0 amide bonds. The summed E-state index contributed by atoms with van der Waals surface area (Å²) in [5.41, 5.74) is 0. The average Bonchev–Trinajstić information content (AvgIpc) is 2.75. The van der Waals surface area contributed by atoms with Gasteiger partial charge in [-0.1, -0.05) is 12.8 Å². The summed E-state index contributed by atoms with van der Waals surface area (Å²) >= 11 is 0. The number of hydrogen-bond donors (Lipinski definition) is 0. The topological polar surface area (TPSA) is 44.9 Å². The van der Waals surface area contributed by atoms with Crippen molar-refractivity contribution in [2.24, 2.45) is 13.0 Å². The summed E-state index contributed by atoms with van der Waals surface area (Å²) in [4.78, 5) is 6.63. The Kier molecular flexibility index (Phi) is 3.80. The molecule has 1 saturated carbocycles. The van der Waals surface area contributed by atoms with Crippen LogP contribution in [-0.2, 0) is 13.6 Å². The molecule has 4 heteroatoms. The number of rotatable bonds is 3. The standard InChI is InChI=1S/C13H20N4/c1-16-8-7-15-13(16)10-17(2)12-6-4-3-5-11(12)9-14/h7-8,11-12H,3-6,10H2,1-2H3. The number of nitrogens with zero attached hydrogens (tertiary/aromatic N) is 4. The molecule has 1 aromatic heterocycles. The van der Waals surface area contributed by atoms with E-state index in [1.165, 1.54) is 12.8 Å². The first kappa shape index (κ1) is 12.1. The molecule has 0 aromatic carbocycles. The molecule has 2 rings (SSSR count). The first-order valence-corrected chi connectivity index (χ1v) is 6.28. The van der Waals surface area contributed by atoms with Gasteiger partial charge in [-0.15, -0.1) is 0 Å². The minimum atomic E-state index is 0.189. The highest BCUT2D eigenvalue weighted by Gasteiger charge is 2.28. The van der Waals surface area contributed by atoms with Crippen molar-refractivity contribution < 1.29 is 0 Å². The maximum Gasteiger partial charge on any atom is 0.122 e. The van der Waals surface area contributed by atoms with Gasteiger partial charge >= 0.3 is 0 Å². The van der Waals surface area contributed by atoms with Crippen LogP contribution in [0, 0.1) is 17.2 Å². The van der Waals surface area contributed by atoms with Gasteiger partial charge in [0.25, 0.3) is 0 Å². The van der Waals surface area contributed by atoms with Gasteiger partial charge in [0.15, 0.2) is 0 Å². The molecule has 0 radical (unpaired) electrons. The number of imidazole rings is 1. The minimum absolute atomic E-state index is 0.189. The highest BCUT2D eigenvalue weighted by atomic mass is 15.2. The van der Waals surface area contributed by atoms with Crippen LogP contribution in [0.4, 0.5) is 0 Å². The van der Waals surface area contributed by atoms with Crippen molar-refractivity contribution in [2.75, 3.05) is 7.05 Å². The van der Waals surface area contributed by atoms with Crippen molar-refractivity contribution in [2.45, 2.75) is 38.3 Å². The van der Waals surface area contributed by atoms with E-state index in [9.17, 15) is 5.26 Å². The first-order valence-electron chi connectivity index (χ1n) is 6.28. The van der Waals surface area contributed by atoms with Crippen molar-refractivity contribution in [3.63, 3.8) is 0 Å². The summed E-state index contributed by atoms with van der Waals surface area (Å²) in [6.07, 6.45) is 8.42. The van der Waals surface area contributed by atoms with Gasteiger partial charge in [0, 0.05) is 25.5 Å². The summed E-state index contributed by atoms with van der Waals surface area (Å²) in [6.45, 7) is 0.826. The van der Waals surface area contributed by atoms with Gasteiger partial charge in [0.2, 0.25) is 0 Å². The van der Waals surface area contributed by atoms with E-state index in [2.05, 4.69) is 23.0 Å². The first-order chi connectivity index (χ1) is 8.22. The lowest BCUT2D eigenvalue weighted by molar-refractivity contribution is 0.146. The molecule has 1 aromatic rings. The highest BCUT2D eigenvalue weighted by Crippen LogP contribution is 2.27. The van der Waals surface area contributed by atoms with Crippen LogP contribution >= 0.6 is 0 Å². The molecule has 4 nitrogen and oxygen atoms in total. The summed E-state index contributed by atoms with van der Waals surface area (Å²) in [5.74, 6) is 1.25. The third-order valence-electron chi connectivity index (χ3n) is 3.77. The Morgan fingerprint density at radius 1 is 1.53 bits per heavy atom. The van der Waals surface area contributed by atoms with Gasteiger partial charge in [-0.25, -0.2) is 4.98 Å². The molecule has 0 spiro atoms. The second-order valence-corrected chi connectivity index (χ2v) is 4.96. The zero-order chi connectivity index (χ0) is 12.3. The third kappa shape index (κ3) is 2.67.